The van der Waals surface area contributed by atoms with Gasteiger partial charge in [-0.2, -0.15) is 0 Å². The van der Waals surface area contributed by atoms with E-state index >= 15 is 0 Å². The van der Waals surface area contributed by atoms with Crippen LogP contribution in [-0.4, -0.2) is 85.4 Å². The normalized spacial score (nSPS) is 32.5. The molecule has 2 saturated carbocycles. The molecule has 0 N–H and O–H groups in total. The molecule has 0 amide bonds. The lowest BCUT2D eigenvalue weighted by molar-refractivity contribution is 0.120. The van der Waals surface area contributed by atoms with Crippen LogP contribution in [0.4, 0.5) is 0 Å². The van der Waals surface area contributed by atoms with E-state index in [9.17, 15) is 0 Å². The molecule has 0 aromatic carbocycles. The van der Waals surface area contributed by atoms with Crippen LogP contribution in [0.3, 0.4) is 0 Å². The molecule has 6 atom stereocenters. The third-order valence-electron chi connectivity index (χ3n) is 6.86. The maximum Gasteiger partial charge on any atom is 0.500 e. The van der Waals surface area contributed by atoms with Gasteiger partial charge in [-0.3, -0.25) is 0 Å². The lowest BCUT2D eigenvalue weighted by Gasteiger charge is -2.27. The van der Waals surface area contributed by atoms with Gasteiger partial charge in [0.1, 0.15) is 0 Å². The fourth-order valence-corrected chi connectivity index (χ4v) is 7.08. The van der Waals surface area contributed by atoms with Crippen molar-refractivity contribution >= 4 is 18.3 Å². The van der Waals surface area contributed by atoms with Gasteiger partial charge in [0.2, 0.25) is 0 Å². The minimum absolute atomic E-state index is 0.558. The van der Waals surface area contributed by atoms with E-state index in [0.29, 0.717) is 24.4 Å². The van der Waals surface area contributed by atoms with E-state index in [1.807, 2.05) is 0 Å². The molecule has 0 aromatic heterocycles. The van der Waals surface area contributed by atoms with Crippen molar-refractivity contribution < 1.29 is 36.0 Å². The fraction of sp³-hybridized carbons (Fsp3) is 0.909. The second-order valence-corrected chi connectivity index (χ2v) is 13.8. The molecule has 8 nitrogen and oxygen atoms in total. The predicted molar refractivity (Wildman–Crippen MR) is 127 cm³/mol. The topological polar surface area (TPSA) is 80.4 Å². The van der Waals surface area contributed by atoms with Gasteiger partial charge in [0.15, 0.2) is 0 Å². The van der Waals surface area contributed by atoms with Gasteiger partial charge in [-0.05, 0) is 56.8 Å². The molecule has 0 radical (unpaired) electrons. The van der Waals surface area contributed by atoms with Crippen LogP contribution >= 0.6 is 0 Å². The highest BCUT2D eigenvalue weighted by Gasteiger charge is 2.45. The van der Waals surface area contributed by atoms with E-state index < -0.39 is 18.3 Å². The lowest BCUT2D eigenvalue weighted by atomic mass is 9.88. The summed E-state index contributed by atoms with van der Waals surface area (Å²) in [6, 6.07) is 0.915. The summed E-state index contributed by atoms with van der Waals surface area (Å²) in [5.41, 5.74) is 0. The molecule has 2 aliphatic heterocycles. The summed E-state index contributed by atoms with van der Waals surface area (Å²) >= 11 is 0. The molecule has 32 heavy (non-hydrogen) atoms. The van der Waals surface area contributed by atoms with Gasteiger partial charge >= 0.3 is 18.3 Å². The Hall–Kier alpha value is -0.146. The standard InChI is InChI=1S/C11H22O4Si.C8H12O.C3H10O3Si/c1-12-16(13-2,14-3)7-6-9-4-5-10-11(8-9)15-10;1-2-6-3-4-7-8(5-6)9-7;1-4-7(5-2)6-3/h9-11H,4-8H2,1-3H3;2,6-8H,1,3-5H2;7H,1-3H3. The van der Waals surface area contributed by atoms with Crippen molar-refractivity contribution in [3.8, 4) is 0 Å². The molecule has 4 fully saturated rings. The molecular weight excluding hydrogens is 448 g/mol. The summed E-state index contributed by atoms with van der Waals surface area (Å²) in [5, 5.41) is 0. The van der Waals surface area contributed by atoms with Crippen LogP contribution in [0, 0.1) is 11.8 Å². The van der Waals surface area contributed by atoms with E-state index in [-0.39, 0.29) is 0 Å². The van der Waals surface area contributed by atoms with Crippen molar-refractivity contribution in [3.63, 3.8) is 0 Å². The van der Waals surface area contributed by atoms with Crippen LogP contribution < -0.4 is 0 Å². The molecule has 0 bridgehead atoms. The maximum absolute atomic E-state index is 5.54. The van der Waals surface area contributed by atoms with Gasteiger partial charge in [-0.25, -0.2) is 0 Å². The Morgan fingerprint density at radius 3 is 1.72 bits per heavy atom. The molecule has 0 spiro atoms. The Bertz CT molecular complexity index is 518. The maximum atomic E-state index is 5.54. The summed E-state index contributed by atoms with van der Waals surface area (Å²) in [4.78, 5) is 0. The fourth-order valence-electron chi connectivity index (χ4n) is 4.62. The highest BCUT2D eigenvalue weighted by atomic mass is 28.4. The zero-order valence-electron chi connectivity index (χ0n) is 20.7. The third kappa shape index (κ3) is 8.90. The molecule has 2 heterocycles. The first-order valence-electron chi connectivity index (χ1n) is 11.6. The Morgan fingerprint density at radius 2 is 1.31 bits per heavy atom. The minimum Gasteiger partial charge on any atom is -0.379 e. The third-order valence-corrected chi connectivity index (χ3v) is 10.8. The number of ether oxygens (including phenoxy) is 2. The average Bonchev–Trinajstić information content (AvgIpc) is 3.76. The van der Waals surface area contributed by atoms with Gasteiger partial charge in [-0.15, -0.1) is 6.58 Å². The van der Waals surface area contributed by atoms with Crippen LogP contribution in [0.2, 0.25) is 6.04 Å². The number of rotatable bonds is 10. The molecular formula is C22H44O8Si2. The van der Waals surface area contributed by atoms with Gasteiger partial charge in [-0.1, -0.05) is 6.08 Å². The van der Waals surface area contributed by atoms with Crippen LogP contribution in [0.5, 0.6) is 0 Å². The smallest absolute Gasteiger partial charge is 0.379 e. The first-order valence-corrected chi connectivity index (χ1v) is 15.0. The summed E-state index contributed by atoms with van der Waals surface area (Å²) in [6.07, 6.45) is 13.1. The Kier molecular flexibility index (Phi) is 12.6. The molecule has 4 rings (SSSR count). The van der Waals surface area contributed by atoms with Crippen molar-refractivity contribution in [2.75, 3.05) is 42.7 Å². The van der Waals surface area contributed by atoms with Crippen molar-refractivity contribution in [2.45, 2.75) is 75.4 Å². The number of hydrogen-bond donors (Lipinski definition) is 0. The van der Waals surface area contributed by atoms with Crippen molar-refractivity contribution in [1.82, 2.24) is 0 Å². The zero-order valence-corrected chi connectivity index (χ0v) is 22.9. The SMILES string of the molecule is C=CC1CCC2OC2C1.CO[SiH](OC)OC.CO[Si](CCC1CCC2OC2C1)(OC)OC. The minimum atomic E-state index is -2.35. The molecule has 6 unspecified atom stereocenters. The van der Waals surface area contributed by atoms with Gasteiger partial charge in [0.05, 0.1) is 24.4 Å². The van der Waals surface area contributed by atoms with Crippen molar-refractivity contribution in [3.05, 3.63) is 12.7 Å². The van der Waals surface area contributed by atoms with E-state index in [0.717, 1.165) is 24.3 Å². The second-order valence-electron chi connectivity index (χ2n) is 8.74. The summed E-state index contributed by atoms with van der Waals surface area (Å²) in [7, 11) is 5.74. The largest absolute Gasteiger partial charge is 0.500 e. The number of hydrogen-bond acceptors (Lipinski definition) is 8. The molecule has 2 saturated heterocycles. The second kappa shape index (κ2) is 14.3. The Morgan fingerprint density at radius 1 is 0.781 bits per heavy atom. The highest BCUT2D eigenvalue weighted by Crippen LogP contribution is 2.41. The van der Waals surface area contributed by atoms with Gasteiger partial charge < -0.3 is 36.0 Å². The van der Waals surface area contributed by atoms with Crippen molar-refractivity contribution in [1.29, 1.82) is 0 Å². The van der Waals surface area contributed by atoms with E-state index in [2.05, 4.69) is 12.7 Å². The number of epoxide rings is 2. The van der Waals surface area contributed by atoms with Crippen molar-refractivity contribution in [2.24, 2.45) is 11.8 Å². The Labute approximate surface area is 197 Å². The van der Waals surface area contributed by atoms with Crippen LogP contribution in [0.15, 0.2) is 12.7 Å². The van der Waals surface area contributed by atoms with Crippen LogP contribution in [0.25, 0.3) is 0 Å². The molecule has 10 heteroatoms. The van der Waals surface area contributed by atoms with E-state index in [4.69, 9.17) is 36.0 Å². The van der Waals surface area contributed by atoms with E-state index in [1.165, 1.54) is 38.5 Å². The summed E-state index contributed by atoms with van der Waals surface area (Å²) in [5.74, 6) is 1.50. The zero-order chi connectivity index (χ0) is 23.6. The first kappa shape index (κ1) is 28.1. The Balaban J connectivity index is 0.000000191. The number of allylic oxidation sites excluding steroid dienone is 1. The number of fused-ring (bicyclic) bond motifs is 2. The van der Waals surface area contributed by atoms with Gasteiger partial charge in [0.25, 0.3) is 0 Å². The van der Waals surface area contributed by atoms with Crippen LogP contribution in [-0.2, 0) is 36.0 Å². The molecule has 0 aromatic rings. The van der Waals surface area contributed by atoms with E-state index in [1.54, 1.807) is 42.7 Å². The molecule has 2 aliphatic carbocycles. The molecule has 188 valence electrons. The first-order chi connectivity index (χ1) is 15.5. The lowest BCUT2D eigenvalue weighted by Crippen LogP contribution is -2.43. The molecule has 4 aliphatic rings. The summed E-state index contributed by atoms with van der Waals surface area (Å²) in [6.45, 7) is 3.78. The van der Waals surface area contributed by atoms with Crippen LogP contribution in [0.1, 0.15) is 44.9 Å². The quantitative estimate of drug-likeness (QED) is 0.261. The summed E-state index contributed by atoms with van der Waals surface area (Å²) < 4.78 is 41.4. The monoisotopic (exact) mass is 492 g/mol. The van der Waals surface area contributed by atoms with Gasteiger partial charge in [0, 0.05) is 48.7 Å². The highest BCUT2D eigenvalue weighted by molar-refractivity contribution is 6.60. The predicted octanol–water partition coefficient (Wildman–Crippen LogP) is 3.20. The average molecular weight is 493 g/mol.